The van der Waals surface area contributed by atoms with E-state index in [1.807, 2.05) is 11.0 Å². The molecule has 2 aliphatic rings. The minimum atomic E-state index is 0.0984. The first-order valence-electron chi connectivity index (χ1n) is 7.42. The molecule has 2 heterocycles. The summed E-state index contributed by atoms with van der Waals surface area (Å²) < 4.78 is 0. The SMILES string of the molecule is O=C(c1ccc(S)nc1)N1CCCN(C2CCC2)CC1. The molecule has 0 bridgehead atoms. The third kappa shape index (κ3) is 2.99. The van der Waals surface area contributed by atoms with Crippen LogP contribution in [0.25, 0.3) is 0 Å². The van der Waals surface area contributed by atoms with Gasteiger partial charge in [-0.15, -0.1) is 12.6 Å². The Labute approximate surface area is 125 Å². The summed E-state index contributed by atoms with van der Waals surface area (Å²) in [6, 6.07) is 4.36. The molecule has 0 aromatic carbocycles. The maximum atomic E-state index is 12.5. The number of aromatic nitrogens is 1. The topological polar surface area (TPSA) is 36.4 Å². The van der Waals surface area contributed by atoms with E-state index in [2.05, 4.69) is 22.5 Å². The van der Waals surface area contributed by atoms with Crippen LogP contribution in [0.3, 0.4) is 0 Å². The molecule has 1 aliphatic carbocycles. The monoisotopic (exact) mass is 291 g/mol. The zero-order chi connectivity index (χ0) is 13.9. The average Bonchev–Trinajstić information content (AvgIpc) is 2.63. The Morgan fingerprint density at radius 1 is 1.15 bits per heavy atom. The maximum Gasteiger partial charge on any atom is 0.255 e. The highest BCUT2D eigenvalue weighted by molar-refractivity contribution is 7.80. The molecule has 0 atom stereocenters. The number of nitrogens with zero attached hydrogens (tertiary/aromatic N) is 3. The molecule has 20 heavy (non-hydrogen) atoms. The van der Waals surface area contributed by atoms with Crippen LogP contribution in [0.5, 0.6) is 0 Å². The van der Waals surface area contributed by atoms with Gasteiger partial charge in [0.15, 0.2) is 0 Å². The van der Waals surface area contributed by atoms with Gasteiger partial charge in [0.1, 0.15) is 0 Å². The molecule has 108 valence electrons. The van der Waals surface area contributed by atoms with Crippen molar-refractivity contribution in [3.05, 3.63) is 23.9 Å². The highest BCUT2D eigenvalue weighted by Crippen LogP contribution is 2.25. The van der Waals surface area contributed by atoms with Gasteiger partial charge >= 0.3 is 0 Å². The van der Waals surface area contributed by atoms with E-state index in [1.54, 1.807) is 12.3 Å². The number of amides is 1. The minimum Gasteiger partial charge on any atom is -0.337 e. The highest BCUT2D eigenvalue weighted by Gasteiger charge is 2.27. The second-order valence-electron chi connectivity index (χ2n) is 5.67. The van der Waals surface area contributed by atoms with Gasteiger partial charge in [-0.3, -0.25) is 9.69 Å². The highest BCUT2D eigenvalue weighted by atomic mass is 32.1. The molecular formula is C15H21N3OS. The molecule has 0 unspecified atom stereocenters. The molecular weight excluding hydrogens is 270 g/mol. The molecule has 0 spiro atoms. The fourth-order valence-electron chi connectivity index (χ4n) is 2.95. The van der Waals surface area contributed by atoms with E-state index in [9.17, 15) is 4.79 Å². The van der Waals surface area contributed by atoms with E-state index < -0.39 is 0 Å². The Balaban J connectivity index is 1.62. The van der Waals surface area contributed by atoms with E-state index in [0.29, 0.717) is 10.6 Å². The van der Waals surface area contributed by atoms with Gasteiger partial charge in [0.25, 0.3) is 5.91 Å². The molecule has 1 aromatic heterocycles. The molecule has 1 aromatic rings. The number of hydrogen-bond donors (Lipinski definition) is 1. The van der Waals surface area contributed by atoms with Crippen LogP contribution in [0.1, 0.15) is 36.0 Å². The predicted octanol–water partition coefficient (Wildman–Crippen LogP) is 2.07. The van der Waals surface area contributed by atoms with Crippen molar-refractivity contribution in [2.75, 3.05) is 26.2 Å². The molecule has 1 saturated heterocycles. The molecule has 1 amide bonds. The van der Waals surface area contributed by atoms with E-state index in [4.69, 9.17) is 0 Å². The van der Waals surface area contributed by atoms with Gasteiger partial charge in [-0.05, 0) is 31.4 Å². The predicted molar refractivity (Wildman–Crippen MR) is 81.2 cm³/mol. The third-order valence-electron chi connectivity index (χ3n) is 4.40. The number of hydrogen-bond acceptors (Lipinski definition) is 4. The van der Waals surface area contributed by atoms with Crippen LogP contribution >= 0.6 is 12.6 Å². The zero-order valence-electron chi connectivity index (χ0n) is 11.7. The van der Waals surface area contributed by atoms with Crippen LogP contribution in [0, 0.1) is 0 Å². The Hall–Kier alpha value is -1.07. The molecule has 1 saturated carbocycles. The fourth-order valence-corrected chi connectivity index (χ4v) is 3.08. The lowest BCUT2D eigenvalue weighted by Crippen LogP contribution is -2.42. The number of pyridine rings is 1. The standard InChI is InChI=1S/C15H21N3OS/c19-15(12-5-6-14(20)16-11-12)18-8-2-7-17(9-10-18)13-3-1-4-13/h5-6,11,13H,1-4,7-10H2,(H,16,20). The molecule has 4 nitrogen and oxygen atoms in total. The number of thiol groups is 1. The number of carbonyl (C=O) groups is 1. The second kappa shape index (κ2) is 6.14. The molecule has 2 fully saturated rings. The fraction of sp³-hybridized carbons (Fsp3) is 0.600. The van der Waals surface area contributed by atoms with Crippen LogP contribution in [0.15, 0.2) is 23.4 Å². The van der Waals surface area contributed by atoms with Crippen molar-refractivity contribution in [3.63, 3.8) is 0 Å². The van der Waals surface area contributed by atoms with Gasteiger partial charge < -0.3 is 4.90 Å². The maximum absolute atomic E-state index is 12.5. The molecule has 1 aliphatic heterocycles. The summed E-state index contributed by atoms with van der Waals surface area (Å²) >= 11 is 4.15. The van der Waals surface area contributed by atoms with Crippen LogP contribution in [0.2, 0.25) is 0 Å². The van der Waals surface area contributed by atoms with Crippen molar-refractivity contribution in [2.24, 2.45) is 0 Å². The van der Waals surface area contributed by atoms with Crippen molar-refractivity contribution < 1.29 is 4.79 Å². The van der Waals surface area contributed by atoms with Crippen molar-refractivity contribution in [1.82, 2.24) is 14.8 Å². The lowest BCUT2D eigenvalue weighted by atomic mass is 9.91. The quantitative estimate of drug-likeness (QED) is 0.848. The molecule has 3 rings (SSSR count). The van der Waals surface area contributed by atoms with Crippen LogP contribution in [-0.2, 0) is 0 Å². The largest absolute Gasteiger partial charge is 0.337 e. The van der Waals surface area contributed by atoms with Gasteiger partial charge in [0.05, 0.1) is 10.6 Å². The van der Waals surface area contributed by atoms with Crippen molar-refractivity contribution in [3.8, 4) is 0 Å². The van der Waals surface area contributed by atoms with Crippen molar-refractivity contribution >= 4 is 18.5 Å². The Bertz CT molecular complexity index is 473. The normalized spacial score (nSPS) is 21.4. The first-order chi connectivity index (χ1) is 9.74. The summed E-state index contributed by atoms with van der Waals surface area (Å²) in [5.41, 5.74) is 0.667. The first kappa shape index (κ1) is 13.9. The number of rotatable bonds is 2. The zero-order valence-corrected chi connectivity index (χ0v) is 12.6. The lowest BCUT2D eigenvalue weighted by Gasteiger charge is -2.36. The molecule has 0 N–H and O–H groups in total. The first-order valence-corrected chi connectivity index (χ1v) is 7.87. The minimum absolute atomic E-state index is 0.0984. The van der Waals surface area contributed by atoms with Crippen molar-refractivity contribution in [1.29, 1.82) is 0 Å². The summed E-state index contributed by atoms with van der Waals surface area (Å²) in [4.78, 5) is 21.1. The Morgan fingerprint density at radius 2 is 2.00 bits per heavy atom. The van der Waals surface area contributed by atoms with E-state index in [1.165, 1.54) is 19.3 Å². The third-order valence-corrected chi connectivity index (χ3v) is 4.67. The number of carbonyl (C=O) groups excluding carboxylic acids is 1. The second-order valence-corrected chi connectivity index (χ2v) is 6.13. The average molecular weight is 291 g/mol. The molecule has 0 radical (unpaired) electrons. The summed E-state index contributed by atoms with van der Waals surface area (Å²) in [6.45, 7) is 3.82. The van der Waals surface area contributed by atoms with E-state index >= 15 is 0 Å². The van der Waals surface area contributed by atoms with Gasteiger partial charge in [-0.1, -0.05) is 6.42 Å². The smallest absolute Gasteiger partial charge is 0.255 e. The molecule has 5 heteroatoms. The summed E-state index contributed by atoms with van der Waals surface area (Å²) in [6.07, 6.45) is 6.73. The summed E-state index contributed by atoms with van der Waals surface area (Å²) in [5.74, 6) is 0.0984. The van der Waals surface area contributed by atoms with E-state index in [0.717, 1.165) is 38.6 Å². The van der Waals surface area contributed by atoms with Crippen LogP contribution in [-0.4, -0.2) is 52.9 Å². The van der Waals surface area contributed by atoms with Gasteiger partial charge in [-0.2, -0.15) is 0 Å². The van der Waals surface area contributed by atoms with Crippen molar-refractivity contribution in [2.45, 2.75) is 36.8 Å². The van der Waals surface area contributed by atoms with Crippen LogP contribution in [0.4, 0.5) is 0 Å². The van der Waals surface area contributed by atoms with Gasteiger partial charge in [0, 0.05) is 38.4 Å². The van der Waals surface area contributed by atoms with Crippen LogP contribution < -0.4 is 0 Å². The lowest BCUT2D eigenvalue weighted by molar-refractivity contribution is 0.0749. The Kier molecular flexibility index (Phi) is 4.27. The Morgan fingerprint density at radius 3 is 2.65 bits per heavy atom. The van der Waals surface area contributed by atoms with Gasteiger partial charge in [0.2, 0.25) is 0 Å². The summed E-state index contributed by atoms with van der Waals surface area (Å²) in [7, 11) is 0. The van der Waals surface area contributed by atoms with Gasteiger partial charge in [-0.25, -0.2) is 4.98 Å². The summed E-state index contributed by atoms with van der Waals surface area (Å²) in [5, 5.41) is 0.647. The van der Waals surface area contributed by atoms with E-state index in [-0.39, 0.29) is 5.91 Å².